The molecular weight excluding hydrogens is 182 g/mol. The summed E-state index contributed by atoms with van der Waals surface area (Å²) in [6.45, 7) is 10.8. The van der Waals surface area contributed by atoms with Crippen LogP contribution in [0.25, 0.3) is 0 Å². The van der Waals surface area contributed by atoms with Gasteiger partial charge in [0, 0.05) is 0 Å². The minimum Gasteiger partial charge on any atom is -0.192 e. The van der Waals surface area contributed by atoms with E-state index < -0.39 is 0 Å². The van der Waals surface area contributed by atoms with Crippen molar-refractivity contribution in [2.24, 2.45) is 0 Å². The van der Waals surface area contributed by atoms with Crippen LogP contribution in [0.15, 0.2) is 12.1 Å². The smallest absolute Gasteiger partial charge is 0.0994 e. The van der Waals surface area contributed by atoms with E-state index in [2.05, 4.69) is 46.8 Å². The van der Waals surface area contributed by atoms with E-state index in [1.54, 1.807) is 0 Å². The number of nitriles is 1. The molecule has 1 heteroatoms. The van der Waals surface area contributed by atoms with Gasteiger partial charge >= 0.3 is 0 Å². The van der Waals surface area contributed by atoms with E-state index in [4.69, 9.17) is 5.26 Å². The molecule has 0 saturated heterocycles. The molecule has 1 rings (SSSR count). The first kappa shape index (κ1) is 11.8. The molecule has 1 aromatic rings. The van der Waals surface area contributed by atoms with E-state index in [0.29, 0.717) is 11.8 Å². The highest BCUT2D eigenvalue weighted by atomic mass is 14.3. The van der Waals surface area contributed by atoms with E-state index in [-0.39, 0.29) is 0 Å². The quantitative estimate of drug-likeness (QED) is 0.706. The lowest BCUT2D eigenvalue weighted by molar-refractivity contribution is 0.814. The Labute approximate surface area is 92.7 Å². The summed E-state index contributed by atoms with van der Waals surface area (Å²) in [5, 5.41) is 9.07. The summed E-state index contributed by atoms with van der Waals surface area (Å²) in [6.07, 6.45) is 0. The molecule has 0 unspecified atom stereocenters. The van der Waals surface area contributed by atoms with Crippen LogP contribution in [0.5, 0.6) is 0 Å². The molecule has 0 amide bonds. The largest absolute Gasteiger partial charge is 0.192 e. The van der Waals surface area contributed by atoms with Gasteiger partial charge < -0.3 is 0 Å². The third-order valence-electron chi connectivity index (χ3n) is 2.88. The predicted molar refractivity (Wildman–Crippen MR) is 64.1 cm³/mol. The Morgan fingerprint density at radius 2 is 1.67 bits per heavy atom. The van der Waals surface area contributed by atoms with Crippen LogP contribution in [-0.4, -0.2) is 0 Å². The lowest BCUT2D eigenvalue weighted by atomic mass is 9.86. The van der Waals surface area contributed by atoms with E-state index in [1.165, 1.54) is 16.7 Å². The Bertz CT molecular complexity index is 395. The van der Waals surface area contributed by atoms with Gasteiger partial charge in [0.25, 0.3) is 0 Å². The van der Waals surface area contributed by atoms with Crippen LogP contribution in [0.4, 0.5) is 0 Å². The second kappa shape index (κ2) is 4.49. The van der Waals surface area contributed by atoms with Crippen molar-refractivity contribution in [3.8, 4) is 6.07 Å². The van der Waals surface area contributed by atoms with Gasteiger partial charge in [-0.05, 0) is 41.5 Å². The molecule has 80 valence electrons. The van der Waals surface area contributed by atoms with Crippen LogP contribution >= 0.6 is 0 Å². The number of hydrogen-bond acceptors (Lipinski definition) is 1. The maximum absolute atomic E-state index is 9.07. The van der Waals surface area contributed by atoms with Crippen LogP contribution in [0.2, 0.25) is 0 Å². The van der Waals surface area contributed by atoms with Gasteiger partial charge in [0.2, 0.25) is 0 Å². The third-order valence-corrected chi connectivity index (χ3v) is 2.88. The summed E-state index contributed by atoms with van der Waals surface area (Å²) in [6, 6.07) is 6.33. The van der Waals surface area contributed by atoms with Gasteiger partial charge in [0.1, 0.15) is 0 Å². The SMILES string of the molecule is Cc1c(C(C)C)ccc(C#N)c1C(C)C. The summed E-state index contributed by atoms with van der Waals surface area (Å²) in [5.74, 6) is 0.939. The second-order valence-electron chi connectivity index (χ2n) is 4.66. The minimum absolute atomic E-state index is 0.415. The fourth-order valence-corrected chi connectivity index (χ4v) is 2.21. The van der Waals surface area contributed by atoms with Crippen LogP contribution < -0.4 is 0 Å². The fourth-order valence-electron chi connectivity index (χ4n) is 2.21. The number of nitrogens with zero attached hydrogens (tertiary/aromatic N) is 1. The number of hydrogen-bond donors (Lipinski definition) is 0. The summed E-state index contributed by atoms with van der Waals surface area (Å²) in [5.41, 5.74) is 4.69. The van der Waals surface area contributed by atoms with Crippen LogP contribution in [0, 0.1) is 18.3 Å². The highest BCUT2D eigenvalue weighted by Crippen LogP contribution is 2.29. The molecule has 0 spiro atoms. The molecule has 0 radical (unpaired) electrons. The Hall–Kier alpha value is -1.29. The number of benzene rings is 1. The lowest BCUT2D eigenvalue weighted by Crippen LogP contribution is -2.02. The molecule has 15 heavy (non-hydrogen) atoms. The molecule has 0 atom stereocenters. The van der Waals surface area contributed by atoms with Crippen molar-refractivity contribution in [3.05, 3.63) is 34.4 Å². The monoisotopic (exact) mass is 201 g/mol. The van der Waals surface area contributed by atoms with Crippen LogP contribution in [0.1, 0.15) is 61.8 Å². The van der Waals surface area contributed by atoms with E-state index in [0.717, 1.165) is 5.56 Å². The molecule has 0 N–H and O–H groups in total. The molecule has 1 nitrogen and oxygen atoms in total. The van der Waals surface area contributed by atoms with Crippen molar-refractivity contribution in [2.75, 3.05) is 0 Å². The number of rotatable bonds is 2. The highest BCUT2D eigenvalue weighted by molar-refractivity contribution is 5.48. The lowest BCUT2D eigenvalue weighted by Gasteiger charge is -2.17. The molecular formula is C14H19N. The Balaban J connectivity index is 3.44. The van der Waals surface area contributed by atoms with Crippen molar-refractivity contribution < 1.29 is 0 Å². The fraction of sp³-hybridized carbons (Fsp3) is 0.500. The standard InChI is InChI=1S/C14H19N/c1-9(2)13-7-6-12(8-15)14(10(3)4)11(13)5/h6-7,9-10H,1-5H3. The average molecular weight is 201 g/mol. The summed E-state index contributed by atoms with van der Waals surface area (Å²) in [7, 11) is 0. The topological polar surface area (TPSA) is 23.8 Å². The van der Waals surface area contributed by atoms with Crippen LogP contribution in [-0.2, 0) is 0 Å². The zero-order chi connectivity index (χ0) is 11.6. The first-order valence-corrected chi connectivity index (χ1v) is 5.52. The van der Waals surface area contributed by atoms with Gasteiger partial charge in [-0.1, -0.05) is 33.8 Å². The molecule has 0 fully saturated rings. The molecule has 0 aliphatic rings. The van der Waals surface area contributed by atoms with Gasteiger partial charge in [-0.2, -0.15) is 5.26 Å². The molecule has 0 aromatic heterocycles. The van der Waals surface area contributed by atoms with E-state index in [9.17, 15) is 0 Å². The molecule has 0 aliphatic heterocycles. The molecule has 0 bridgehead atoms. The van der Waals surface area contributed by atoms with Gasteiger partial charge in [-0.3, -0.25) is 0 Å². The zero-order valence-electron chi connectivity index (χ0n) is 10.3. The summed E-state index contributed by atoms with van der Waals surface area (Å²) in [4.78, 5) is 0. The van der Waals surface area contributed by atoms with Crippen molar-refractivity contribution in [1.29, 1.82) is 5.26 Å². The highest BCUT2D eigenvalue weighted by Gasteiger charge is 2.14. The Morgan fingerprint density at radius 3 is 2.07 bits per heavy atom. The maximum atomic E-state index is 9.07. The Kier molecular flexibility index (Phi) is 3.52. The molecule has 0 heterocycles. The van der Waals surface area contributed by atoms with Gasteiger partial charge in [-0.25, -0.2) is 0 Å². The first-order valence-electron chi connectivity index (χ1n) is 5.52. The molecule has 0 saturated carbocycles. The predicted octanol–water partition coefficient (Wildman–Crippen LogP) is 4.11. The normalized spacial score (nSPS) is 10.8. The average Bonchev–Trinajstić information content (AvgIpc) is 2.15. The summed E-state index contributed by atoms with van der Waals surface area (Å²) >= 11 is 0. The van der Waals surface area contributed by atoms with Crippen molar-refractivity contribution in [2.45, 2.75) is 46.5 Å². The summed E-state index contributed by atoms with van der Waals surface area (Å²) < 4.78 is 0. The Morgan fingerprint density at radius 1 is 1.07 bits per heavy atom. The van der Waals surface area contributed by atoms with Gasteiger partial charge in [0.15, 0.2) is 0 Å². The minimum atomic E-state index is 0.415. The van der Waals surface area contributed by atoms with Crippen molar-refractivity contribution in [3.63, 3.8) is 0 Å². The second-order valence-corrected chi connectivity index (χ2v) is 4.66. The molecule has 1 aromatic carbocycles. The van der Waals surface area contributed by atoms with Crippen molar-refractivity contribution in [1.82, 2.24) is 0 Å². The van der Waals surface area contributed by atoms with E-state index >= 15 is 0 Å². The van der Waals surface area contributed by atoms with Crippen molar-refractivity contribution >= 4 is 0 Å². The first-order chi connectivity index (χ1) is 6.99. The zero-order valence-corrected chi connectivity index (χ0v) is 10.3. The van der Waals surface area contributed by atoms with Gasteiger partial charge in [0.05, 0.1) is 11.6 Å². The van der Waals surface area contributed by atoms with Crippen LogP contribution in [0.3, 0.4) is 0 Å². The molecule has 0 aliphatic carbocycles. The van der Waals surface area contributed by atoms with Gasteiger partial charge in [-0.15, -0.1) is 0 Å². The third kappa shape index (κ3) is 2.21. The van der Waals surface area contributed by atoms with E-state index in [1.807, 2.05) is 6.07 Å². The maximum Gasteiger partial charge on any atom is 0.0994 e.